The van der Waals surface area contributed by atoms with Gasteiger partial charge in [-0.1, -0.05) is 11.6 Å². The first-order valence-corrected chi connectivity index (χ1v) is 4.29. The van der Waals surface area contributed by atoms with Crippen molar-refractivity contribution in [2.24, 2.45) is 0 Å². The van der Waals surface area contributed by atoms with Crippen LogP contribution in [0.3, 0.4) is 0 Å². The van der Waals surface area contributed by atoms with Crippen molar-refractivity contribution in [3.8, 4) is 0 Å². The van der Waals surface area contributed by atoms with Gasteiger partial charge in [-0.15, -0.1) is 4.94 Å². The van der Waals surface area contributed by atoms with E-state index in [-0.39, 0.29) is 10.7 Å². The number of hydrogen-bond donors (Lipinski definition) is 2. The summed E-state index contributed by atoms with van der Waals surface area (Å²) in [5.41, 5.74) is 0.662. The molecule has 8 heteroatoms. The third-order valence-electron chi connectivity index (χ3n) is 1.54. The maximum absolute atomic E-state index is 13.0. The Morgan fingerprint density at radius 3 is 2.27 bits per heavy atom. The van der Waals surface area contributed by atoms with E-state index in [1.165, 1.54) is 0 Å². The van der Waals surface area contributed by atoms with Gasteiger partial charge in [0, 0.05) is 6.07 Å². The Balaban J connectivity index is 3.20. The molecule has 1 rings (SSSR count). The molecule has 1 aromatic carbocycles. The molecule has 0 saturated carbocycles. The van der Waals surface area contributed by atoms with Crippen LogP contribution in [0.4, 0.5) is 23.2 Å². The average Bonchev–Trinajstić information content (AvgIpc) is 2.09. The highest BCUT2D eigenvalue weighted by Crippen LogP contribution is 2.35. The monoisotopic (exact) mass is 262 g/mol. The molecule has 15 heavy (non-hydrogen) atoms. The standard InChI is InChI=1S/C7H4Cl2F4N2/c8-4-1-3(7(11,12)13)5(10)2-6(4)14-15-9/h1-2,14-15H. The normalized spacial score (nSPS) is 11.6. The van der Waals surface area contributed by atoms with Gasteiger partial charge in [0.05, 0.1) is 16.3 Å². The second-order valence-corrected chi connectivity index (χ2v) is 3.13. The third-order valence-corrected chi connectivity index (χ3v) is 1.95. The minimum absolute atomic E-state index is 0.0860. The Morgan fingerprint density at radius 2 is 1.80 bits per heavy atom. The molecule has 0 atom stereocenters. The van der Waals surface area contributed by atoms with Crippen molar-refractivity contribution in [2.75, 3.05) is 5.43 Å². The van der Waals surface area contributed by atoms with Crippen LogP contribution in [0.25, 0.3) is 0 Å². The number of halogens is 6. The summed E-state index contributed by atoms with van der Waals surface area (Å²) < 4.78 is 49.5. The Kier molecular flexibility index (Phi) is 3.64. The molecular formula is C7H4Cl2F4N2. The minimum Gasteiger partial charge on any atom is -0.306 e. The zero-order valence-electron chi connectivity index (χ0n) is 6.92. The summed E-state index contributed by atoms with van der Waals surface area (Å²) >= 11 is 10.5. The van der Waals surface area contributed by atoms with Crippen LogP contribution >= 0.6 is 23.4 Å². The molecule has 0 aromatic heterocycles. The summed E-state index contributed by atoms with van der Waals surface area (Å²) in [5, 5.41) is -0.295. The highest BCUT2D eigenvalue weighted by atomic mass is 35.5. The fourth-order valence-corrected chi connectivity index (χ4v) is 1.22. The predicted molar refractivity (Wildman–Crippen MR) is 49.0 cm³/mol. The van der Waals surface area contributed by atoms with Crippen LogP contribution < -0.4 is 10.4 Å². The van der Waals surface area contributed by atoms with Crippen LogP contribution in [-0.2, 0) is 6.18 Å². The molecule has 0 bridgehead atoms. The molecule has 0 heterocycles. The molecule has 2 nitrogen and oxygen atoms in total. The van der Waals surface area contributed by atoms with Crippen molar-refractivity contribution in [1.82, 2.24) is 4.94 Å². The highest BCUT2D eigenvalue weighted by Gasteiger charge is 2.34. The minimum atomic E-state index is -4.78. The number of benzene rings is 1. The molecule has 0 unspecified atom stereocenters. The van der Waals surface area contributed by atoms with Crippen LogP contribution in [0.5, 0.6) is 0 Å². The van der Waals surface area contributed by atoms with E-state index in [0.29, 0.717) is 12.1 Å². The van der Waals surface area contributed by atoms with Crippen molar-refractivity contribution < 1.29 is 17.6 Å². The van der Waals surface area contributed by atoms with E-state index in [0.717, 1.165) is 0 Å². The molecule has 0 amide bonds. The fraction of sp³-hybridized carbons (Fsp3) is 0.143. The van der Waals surface area contributed by atoms with Gasteiger partial charge in [0.15, 0.2) is 0 Å². The van der Waals surface area contributed by atoms with Gasteiger partial charge in [0.25, 0.3) is 0 Å². The Morgan fingerprint density at radius 1 is 1.20 bits per heavy atom. The van der Waals surface area contributed by atoms with Gasteiger partial charge in [-0.3, -0.25) is 0 Å². The molecule has 0 aliphatic carbocycles. The SMILES string of the molecule is Fc1cc(NNCl)c(Cl)cc1C(F)(F)F. The van der Waals surface area contributed by atoms with Gasteiger partial charge in [0.2, 0.25) is 0 Å². The lowest BCUT2D eigenvalue weighted by atomic mass is 10.2. The van der Waals surface area contributed by atoms with E-state index in [1.807, 2.05) is 4.94 Å². The maximum Gasteiger partial charge on any atom is 0.419 e. The smallest absolute Gasteiger partial charge is 0.306 e. The molecule has 0 radical (unpaired) electrons. The van der Waals surface area contributed by atoms with Crippen molar-refractivity contribution in [1.29, 1.82) is 0 Å². The van der Waals surface area contributed by atoms with E-state index >= 15 is 0 Å². The highest BCUT2D eigenvalue weighted by molar-refractivity contribution is 6.33. The van der Waals surface area contributed by atoms with Crippen LogP contribution in [0, 0.1) is 5.82 Å². The molecule has 2 N–H and O–H groups in total. The second-order valence-electron chi connectivity index (χ2n) is 2.53. The molecule has 0 saturated heterocycles. The number of hydrazine groups is 1. The van der Waals surface area contributed by atoms with Gasteiger partial charge in [0.1, 0.15) is 5.82 Å². The summed E-state index contributed by atoms with van der Waals surface area (Å²) in [4.78, 5) is 1.90. The van der Waals surface area contributed by atoms with Crippen molar-refractivity contribution in [2.45, 2.75) is 6.18 Å². The summed E-state index contributed by atoms with van der Waals surface area (Å²) in [7, 11) is 0. The van der Waals surface area contributed by atoms with Crippen LogP contribution in [-0.4, -0.2) is 0 Å². The van der Waals surface area contributed by atoms with Crippen molar-refractivity contribution >= 4 is 29.1 Å². The number of alkyl halides is 3. The van der Waals surface area contributed by atoms with E-state index in [9.17, 15) is 17.6 Å². The predicted octanol–water partition coefficient (Wildman–Crippen LogP) is 3.57. The lowest BCUT2D eigenvalue weighted by molar-refractivity contribution is -0.139. The molecule has 0 fully saturated rings. The topological polar surface area (TPSA) is 24.1 Å². The van der Waals surface area contributed by atoms with Crippen LogP contribution in [0.1, 0.15) is 5.56 Å². The van der Waals surface area contributed by atoms with E-state index in [4.69, 9.17) is 23.4 Å². The summed E-state index contributed by atoms with van der Waals surface area (Å²) in [6, 6.07) is 1.08. The Bertz CT molecular complexity index is 367. The summed E-state index contributed by atoms with van der Waals surface area (Å²) in [6.07, 6.45) is -4.78. The molecule has 84 valence electrons. The van der Waals surface area contributed by atoms with Gasteiger partial charge >= 0.3 is 6.18 Å². The van der Waals surface area contributed by atoms with E-state index < -0.39 is 17.6 Å². The zero-order valence-corrected chi connectivity index (χ0v) is 8.43. The lowest BCUT2D eigenvalue weighted by Gasteiger charge is -2.11. The zero-order chi connectivity index (χ0) is 11.6. The first-order chi connectivity index (χ1) is 6.86. The number of anilines is 1. The van der Waals surface area contributed by atoms with Gasteiger partial charge in [-0.25, -0.2) is 4.39 Å². The fourth-order valence-electron chi connectivity index (χ4n) is 0.911. The molecule has 1 aromatic rings. The molecule has 0 spiro atoms. The Labute approximate surface area is 92.2 Å². The van der Waals surface area contributed by atoms with Gasteiger partial charge in [-0.2, -0.15) is 13.2 Å². The van der Waals surface area contributed by atoms with Gasteiger partial charge < -0.3 is 5.43 Å². The maximum atomic E-state index is 13.0. The quantitative estimate of drug-likeness (QED) is 0.484. The average molecular weight is 263 g/mol. The van der Waals surface area contributed by atoms with Crippen LogP contribution in [0.2, 0.25) is 5.02 Å². The molecule has 0 aliphatic heterocycles. The second kappa shape index (κ2) is 4.42. The first-order valence-electron chi connectivity index (χ1n) is 3.54. The number of rotatable bonds is 2. The summed E-state index contributed by atoms with van der Waals surface area (Å²) in [5.74, 6) is -1.43. The largest absolute Gasteiger partial charge is 0.419 e. The molecule has 0 aliphatic rings. The number of hydrogen-bond acceptors (Lipinski definition) is 2. The van der Waals surface area contributed by atoms with E-state index in [2.05, 4.69) is 5.43 Å². The van der Waals surface area contributed by atoms with E-state index in [1.54, 1.807) is 0 Å². The van der Waals surface area contributed by atoms with Crippen LogP contribution in [0.15, 0.2) is 12.1 Å². The third kappa shape index (κ3) is 2.87. The summed E-state index contributed by atoms with van der Waals surface area (Å²) in [6.45, 7) is 0. The lowest BCUT2D eigenvalue weighted by Crippen LogP contribution is -2.12. The molecular weight excluding hydrogens is 259 g/mol. The Hall–Kier alpha value is -0.720. The number of nitrogens with one attached hydrogen (secondary N) is 2. The first kappa shape index (κ1) is 12.4. The van der Waals surface area contributed by atoms with Crippen molar-refractivity contribution in [3.05, 3.63) is 28.5 Å². The van der Waals surface area contributed by atoms with Gasteiger partial charge in [-0.05, 0) is 17.8 Å². The van der Waals surface area contributed by atoms with Crippen molar-refractivity contribution in [3.63, 3.8) is 0 Å².